The number of pyridine rings is 1. The summed E-state index contributed by atoms with van der Waals surface area (Å²) in [4.78, 5) is 7.08. The number of morpholine rings is 1. The predicted molar refractivity (Wildman–Crippen MR) is 126 cm³/mol. The highest BCUT2D eigenvalue weighted by Crippen LogP contribution is 2.59. The number of hydrogen-bond acceptors (Lipinski definition) is 8. The predicted octanol–water partition coefficient (Wildman–Crippen LogP) is 2.89. The van der Waals surface area contributed by atoms with E-state index in [0.717, 1.165) is 66.9 Å². The van der Waals surface area contributed by atoms with Crippen LogP contribution in [0.25, 0.3) is 10.9 Å². The number of ether oxygens (including phenoxy) is 3. The van der Waals surface area contributed by atoms with Crippen LogP contribution in [0, 0.1) is 11.3 Å². The second-order valence-electron chi connectivity index (χ2n) is 10.6. The fourth-order valence-corrected chi connectivity index (χ4v) is 6.73. The summed E-state index contributed by atoms with van der Waals surface area (Å²) >= 11 is 0. The van der Waals surface area contributed by atoms with Crippen molar-refractivity contribution in [1.82, 2.24) is 24.9 Å². The molecule has 1 aromatic carbocycles. The van der Waals surface area contributed by atoms with Gasteiger partial charge in [-0.3, -0.25) is 9.88 Å². The fraction of sp³-hybridized carbons (Fsp3) is 0.538. The second-order valence-corrected chi connectivity index (χ2v) is 10.6. The summed E-state index contributed by atoms with van der Waals surface area (Å²) in [5, 5.41) is 19.4. The minimum atomic E-state index is -0.235. The third kappa shape index (κ3) is 3.20. The largest absolute Gasteiger partial charge is 0.484 e. The van der Waals surface area contributed by atoms with Crippen molar-refractivity contribution < 1.29 is 14.2 Å². The van der Waals surface area contributed by atoms with E-state index in [4.69, 9.17) is 14.2 Å². The summed E-state index contributed by atoms with van der Waals surface area (Å²) in [6.45, 7) is 5.64. The van der Waals surface area contributed by atoms with Crippen molar-refractivity contribution in [2.24, 2.45) is 0 Å². The third-order valence-electron chi connectivity index (χ3n) is 8.36. The Balaban J connectivity index is 1.10. The van der Waals surface area contributed by atoms with Crippen LogP contribution in [0.2, 0.25) is 0 Å². The number of aromatic nitrogens is 4. The van der Waals surface area contributed by atoms with Gasteiger partial charge in [-0.15, -0.1) is 5.10 Å². The molecule has 180 valence electrons. The maximum Gasteiger partial charge on any atom is 0.141 e. The van der Waals surface area contributed by atoms with E-state index >= 15 is 0 Å². The quantitative estimate of drug-likeness (QED) is 0.559. The first-order valence-electron chi connectivity index (χ1n) is 12.4. The van der Waals surface area contributed by atoms with Crippen LogP contribution in [0.3, 0.4) is 0 Å². The van der Waals surface area contributed by atoms with Gasteiger partial charge in [-0.2, -0.15) is 5.26 Å². The van der Waals surface area contributed by atoms with Gasteiger partial charge in [-0.05, 0) is 55.5 Å². The molecule has 5 aliphatic rings. The van der Waals surface area contributed by atoms with Gasteiger partial charge in [0.15, 0.2) is 0 Å². The molecule has 9 nitrogen and oxygen atoms in total. The molecule has 9 heteroatoms. The number of nitriles is 1. The van der Waals surface area contributed by atoms with E-state index < -0.39 is 0 Å². The zero-order chi connectivity index (χ0) is 23.6. The van der Waals surface area contributed by atoms with Gasteiger partial charge in [-0.1, -0.05) is 5.21 Å². The Bertz CT molecular complexity index is 1340. The molecule has 8 rings (SSSR count). The molecule has 0 radical (unpaired) electrons. The Labute approximate surface area is 203 Å². The molecule has 35 heavy (non-hydrogen) atoms. The fourth-order valence-electron chi connectivity index (χ4n) is 6.73. The lowest BCUT2D eigenvalue weighted by Crippen LogP contribution is -2.61. The average molecular weight is 473 g/mol. The molecular weight excluding hydrogens is 444 g/mol. The summed E-state index contributed by atoms with van der Waals surface area (Å²) in [7, 11) is 0. The van der Waals surface area contributed by atoms with Gasteiger partial charge in [0.25, 0.3) is 0 Å². The van der Waals surface area contributed by atoms with Crippen molar-refractivity contribution in [3.8, 4) is 11.8 Å². The van der Waals surface area contributed by atoms with Crippen LogP contribution in [0.15, 0.2) is 30.6 Å². The van der Waals surface area contributed by atoms with Crippen molar-refractivity contribution in [2.45, 2.75) is 62.4 Å². The third-order valence-corrected chi connectivity index (χ3v) is 8.36. The number of fused-ring (bicyclic) bond motifs is 3. The molecular formula is C26H28N6O3. The molecule has 3 saturated heterocycles. The van der Waals surface area contributed by atoms with Gasteiger partial charge in [0.1, 0.15) is 17.5 Å². The average Bonchev–Trinajstić information content (AvgIpc) is 3.56. The molecule has 2 atom stereocenters. The molecule has 1 spiro atoms. The van der Waals surface area contributed by atoms with E-state index in [1.54, 1.807) is 0 Å². The Hall–Kier alpha value is -3.06. The van der Waals surface area contributed by atoms with Crippen molar-refractivity contribution in [1.29, 1.82) is 5.26 Å². The highest BCUT2D eigenvalue weighted by atomic mass is 16.5. The lowest BCUT2D eigenvalue weighted by atomic mass is 9.67. The van der Waals surface area contributed by atoms with Crippen molar-refractivity contribution >= 4 is 10.9 Å². The number of hydrogen-bond donors (Lipinski definition) is 0. The first kappa shape index (κ1) is 21.2. The van der Waals surface area contributed by atoms with Crippen molar-refractivity contribution in [2.75, 3.05) is 26.4 Å². The van der Waals surface area contributed by atoms with E-state index in [1.807, 2.05) is 36.1 Å². The zero-order valence-corrected chi connectivity index (χ0v) is 19.8. The number of rotatable bonds is 5. The van der Waals surface area contributed by atoms with Crippen LogP contribution in [0.4, 0.5) is 0 Å². The molecule has 6 heterocycles. The standard InChI is InChI=1S/C26H28N6O3/c1-17(35-20-2-3-23-22(8-20)21-5-7-33-11-18(21)9-28-23)24-10-32(30-29-24)25-13-26(14-25)16-34-12-19(4-6-27)31(26)15-25/h2-3,8-10,17,19H,4-5,7,11-16H2,1H3/t17-,19?,25?,26?/m1/s1. The van der Waals surface area contributed by atoms with Crippen LogP contribution in [0.1, 0.15) is 49.1 Å². The van der Waals surface area contributed by atoms with Crippen LogP contribution in [-0.4, -0.2) is 62.8 Å². The van der Waals surface area contributed by atoms with Gasteiger partial charge in [-0.25, -0.2) is 4.68 Å². The zero-order valence-electron chi connectivity index (χ0n) is 19.8. The summed E-state index contributed by atoms with van der Waals surface area (Å²) in [6, 6.07) is 8.58. The SMILES string of the molecule is C[C@@H](Oc1ccc2ncc3c(c2c1)CCOC3)c1cn(C23CN4C(CC#N)COCC4(C2)C3)nn1. The highest BCUT2D eigenvalue weighted by Gasteiger charge is 2.69. The van der Waals surface area contributed by atoms with E-state index in [-0.39, 0.29) is 23.2 Å². The molecule has 0 amide bonds. The van der Waals surface area contributed by atoms with E-state index in [9.17, 15) is 5.26 Å². The van der Waals surface area contributed by atoms with Gasteiger partial charge in [0.05, 0.1) is 56.2 Å². The summed E-state index contributed by atoms with van der Waals surface area (Å²) in [5.74, 6) is 0.802. The molecule has 0 N–H and O–H groups in total. The molecule has 2 aromatic heterocycles. The van der Waals surface area contributed by atoms with E-state index in [1.165, 1.54) is 5.56 Å². The van der Waals surface area contributed by atoms with Crippen LogP contribution < -0.4 is 4.74 Å². The molecule has 1 aliphatic carbocycles. The Morgan fingerprint density at radius 1 is 1.29 bits per heavy atom. The number of nitrogens with zero attached hydrogens (tertiary/aromatic N) is 6. The van der Waals surface area contributed by atoms with Gasteiger partial charge in [0, 0.05) is 29.7 Å². The number of benzene rings is 1. The smallest absolute Gasteiger partial charge is 0.141 e. The highest BCUT2D eigenvalue weighted by molar-refractivity contribution is 5.84. The molecule has 2 bridgehead atoms. The van der Waals surface area contributed by atoms with Gasteiger partial charge < -0.3 is 14.2 Å². The minimum absolute atomic E-state index is 0.0529. The Kier molecular flexibility index (Phi) is 4.68. The maximum atomic E-state index is 9.24. The summed E-state index contributed by atoms with van der Waals surface area (Å²) in [6.07, 6.45) is 7.11. The van der Waals surface area contributed by atoms with Crippen LogP contribution in [-0.2, 0) is 28.0 Å². The normalized spacial score (nSPS) is 30.2. The monoisotopic (exact) mass is 472 g/mol. The van der Waals surface area contributed by atoms with Gasteiger partial charge >= 0.3 is 0 Å². The molecule has 3 aromatic rings. The molecule has 1 saturated carbocycles. The van der Waals surface area contributed by atoms with Crippen molar-refractivity contribution in [3.63, 3.8) is 0 Å². The summed E-state index contributed by atoms with van der Waals surface area (Å²) < 4.78 is 19.8. The van der Waals surface area contributed by atoms with E-state index in [0.29, 0.717) is 19.6 Å². The van der Waals surface area contributed by atoms with E-state index in [2.05, 4.69) is 32.3 Å². The molecule has 4 fully saturated rings. The second kappa shape index (κ2) is 7.72. The first-order valence-corrected chi connectivity index (χ1v) is 12.4. The Morgan fingerprint density at radius 3 is 3.09 bits per heavy atom. The first-order chi connectivity index (χ1) is 17.1. The minimum Gasteiger partial charge on any atom is -0.484 e. The van der Waals surface area contributed by atoms with Crippen LogP contribution in [0.5, 0.6) is 5.75 Å². The molecule has 4 aliphatic heterocycles. The maximum absolute atomic E-state index is 9.24. The summed E-state index contributed by atoms with van der Waals surface area (Å²) in [5.41, 5.74) is 4.24. The topological polar surface area (TPSA) is 98.3 Å². The lowest BCUT2D eigenvalue weighted by Gasteiger charge is -2.51. The lowest BCUT2D eigenvalue weighted by molar-refractivity contribution is -0.0995. The van der Waals surface area contributed by atoms with Crippen LogP contribution >= 0.6 is 0 Å². The molecule has 1 unspecified atom stereocenters. The van der Waals surface area contributed by atoms with Gasteiger partial charge in [0.2, 0.25) is 0 Å². The van der Waals surface area contributed by atoms with Crippen molar-refractivity contribution in [3.05, 3.63) is 47.4 Å². The Morgan fingerprint density at radius 2 is 2.20 bits per heavy atom.